The fourth-order valence-electron chi connectivity index (χ4n) is 0.799. The summed E-state index contributed by atoms with van der Waals surface area (Å²) in [6.07, 6.45) is 0.672. The van der Waals surface area contributed by atoms with Crippen LogP contribution in [-0.4, -0.2) is 10.1 Å². The summed E-state index contributed by atoms with van der Waals surface area (Å²) < 4.78 is 4.93. The monoisotopic (exact) mass is 165 g/mol. The van der Waals surface area contributed by atoms with Crippen LogP contribution in [0.25, 0.3) is 0 Å². The van der Waals surface area contributed by atoms with Gasteiger partial charge in [0.25, 0.3) is 0 Å². The highest BCUT2D eigenvalue weighted by molar-refractivity contribution is 5.15. The van der Waals surface area contributed by atoms with Gasteiger partial charge in [-0.05, 0) is 20.3 Å². The molecular formula is C8H11N3O. The van der Waals surface area contributed by atoms with Gasteiger partial charge in [-0.3, -0.25) is 0 Å². The highest BCUT2D eigenvalue weighted by Crippen LogP contribution is 2.24. The minimum atomic E-state index is -0.638. The van der Waals surface area contributed by atoms with Crippen molar-refractivity contribution in [2.24, 2.45) is 0 Å². The highest BCUT2D eigenvalue weighted by atomic mass is 16.5. The third-order valence-corrected chi connectivity index (χ3v) is 1.95. The van der Waals surface area contributed by atoms with Gasteiger partial charge in [-0.15, -0.1) is 0 Å². The largest absolute Gasteiger partial charge is 0.338 e. The molecule has 1 atom stereocenters. The van der Waals surface area contributed by atoms with E-state index in [-0.39, 0.29) is 0 Å². The molecule has 1 aromatic heterocycles. The van der Waals surface area contributed by atoms with Gasteiger partial charge in [-0.25, -0.2) is 0 Å². The summed E-state index contributed by atoms with van der Waals surface area (Å²) >= 11 is 0. The quantitative estimate of drug-likeness (QED) is 0.667. The zero-order valence-corrected chi connectivity index (χ0v) is 7.46. The summed E-state index contributed by atoms with van der Waals surface area (Å²) in [4.78, 5) is 4.02. The van der Waals surface area contributed by atoms with Crippen LogP contribution in [0.4, 0.5) is 0 Å². The Balaban J connectivity index is 3.05. The van der Waals surface area contributed by atoms with Crippen LogP contribution in [0.1, 0.15) is 32.0 Å². The summed E-state index contributed by atoms with van der Waals surface area (Å²) in [7, 11) is 0. The van der Waals surface area contributed by atoms with Crippen molar-refractivity contribution in [1.82, 2.24) is 10.1 Å². The Morgan fingerprint density at radius 1 is 1.67 bits per heavy atom. The fourth-order valence-corrected chi connectivity index (χ4v) is 0.799. The number of aryl methyl sites for hydroxylation is 1. The molecule has 4 nitrogen and oxygen atoms in total. The molecule has 0 saturated carbocycles. The Kier molecular flexibility index (Phi) is 2.13. The summed E-state index contributed by atoms with van der Waals surface area (Å²) in [6, 6.07) is 2.16. The molecule has 0 amide bonds. The molecule has 0 radical (unpaired) electrons. The summed E-state index contributed by atoms with van der Waals surface area (Å²) in [5.41, 5.74) is -0.638. The number of hydrogen-bond acceptors (Lipinski definition) is 4. The number of rotatable bonds is 2. The Morgan fingerprint density at radius 2 is 2.33 bits per heavy atom. The van der Waals surface area contributed by atoms with E-state index >= 15 is 0 Å². The molecule has 0 aromatic carbocycles. The first-order valence-corrected chi connectivity index (χ1v) is 3.84. The zero-order valence-electron chi connectivity index (χ0n) is 7.46. The van der Waals surface area contributed by atoms with Crippen molar-refractivity contribution in [2.75, 3.05) is 0 Å². The predicted molar refractivity (Wildman–Crippen MR) is 42.3 cm³/mol. The van der Waals surface area contributed by atoms with Gasteiger partial charge in [0.1, 0.15) is 5.41 Å². The molecular weight excluding hydrogens is 154 g/mol. The van der Waals surface area contributed by atoms with E-state index in [4.69, 9.17) is 9.78 Å². The lowest BCUT2D eigenvalue weighted by Crippen LogP contribution is -2.18. The maximum atomic E-state index is 8.87. The van der Waals surface area contributed by atoms with Gasteiger partial charge in [0.2, 0.25) is 5.89 Å². The zero-order chi connectivity index (χ0) is 9.19. The highest BCUT2D eigenvalue weighted by Gasteiger charge is 2.30. The lowest BCUT2D eigenvalue weighted by atomic mass is 9.89. The van der Waals surface area contributed by atoms with Crippen LogP contribution in [0, 0.1) is 18.3 Å². The number of nitrogens with zero attached hydrogens (tertiary/aromatic N) is 3. The average molecular weight is 165 g/mol. The molecule has 0 aliphatic rings. The average Bonchev–Trinajstić information content (AvgIpc) is 2.51. The van der Waals surface area contributed by atoms with Crippen molar-refractivity contribution in [3.63, 3.8) is 0 Å². The summed E-state index contributed by atoms with van der Waals surface area (Å²) in [5, 5.41) is 12.5. The predicted octanol–water partition coefficient (Wildman–Crippen LogP) is 1.57. The third kappa shape index (κ3) is 1.30. The van der Waals surface area contributed by atoms with E-state index in [1.165, 1.54) is 0 Å². The Labute approximate surface area is 71.2 Å². The second-order valence-corrected chi connectivity index (χ2v) is 2.94. The molecule has 1 rings (SSSR count). The summed E-state index contributed by atoms with van der Waals surface area (Å²) in [5.74, 6) is 0.977. The van der Waals surface area contributed by atoms with E-state index in [1.807, 2.05) is 6.92 Å². The molecule has 4 heteroatoms. The smallest absolute Gasteiger partial charge is 0.246 e. The standard InChI is InChI=1S/C8H11N3O/c1-4-8(3,5-9)7-10-6(2)11-12-7/h4H2,1-3H3. The maximum absolute atomic E-state index is 8.87. The van der Waals surface area contributed by atoms with Gasteiger partial charge in [-0.2, -0.15) is 10.2 Å². The van der Waals surface area contributed by atoms with Gasteiger partial charge in [-0.1, -0.05) is 12.1 Å². The number of nitriles is 1. The molecule has 0 spiro atoms. The summed E-state index contributed by atoms with van der Waals surface area (Å²) in [6.45, 7) is 5.45. The van der Waals surface area contributed by atoms with E-state index in [1.54, 1.807) is 13.8 Å². The molecule has 12 heavy (non-hydrogen) atoms. The van der Waals surface area contributed by atoms with Gasteiger partial charge in [0, 0.05) is 0 Å². The second kappa shape index (κ2) is 2.94. The fraction of sp³-hybridized carbons (Fsp3) is 0.625. The lowest BCUT2D eigenvalue weighted by Gasteiger charge is -2.12. The molecule has 0 aliphatic heterocycles. The molecule has 0 N–H and O–H groups in total. The van der Waals surface area contributed by atoms with Crippen molar-refractivity contribution >= 4 is 0 Å². The minimum absolute atomic E-state index is 0.407. The molecule has 64 valence electrons. The van der Waals surface area contributed by atoms with Crippen molar-refractivity contribution in [3.8, 4) is 6.07 Å². The van der Waals surface area contributed by atoms with Gasteiger partial charge in [0.15, 0.2) is 5.82 Å². The van der Waals surface area contributed by atoms with Crippen LogP contribution < -0.4 is 0 Å². The minimum Gasteiger partial charge on any atom is -0.338 e. The van der Waals surface area contributed by atoms with Crippen LogP contribution in [0.3, 0.4) is 0 Å². The van der Waals surface area contributed by atoms with E-state index in [0.717, 1.165) is 0 Å². The van der Waals surface area contributed by atoms with Crippen LogP contribution in [0.2, 0.25) is 0 Å². The Bertz CT molecular complexity index is 312. The van der Waals surface area contributed by atoms with Gasteiger partial charge >= 0.3 is 0 Å². The Morgan fingerprint density at radius 3 is 2.67 bits per heavy atom. The van der Waals surface area contributed by atoms with Crippen LogP contribution >= 0.6 is 0 Å². The SMILES string of the molecule is CCC(C)(C#N)c1nc(C)no1. The van der Waals surface area contributed by atoms with E-state index in [9.17, 15) is 0 Å². The number of hydrogen-bond donors (Lipinski definition) is 0. The van der Waals surface area contributed by atoms with Gasteiger partial charge < -0.3 is 4.52 Å². The van der Waals surface area contributed by atoms with E-state index in [2.05, 4.69) is 16.2 Å². The first-order chi connectivity index (χ1) is 5.62. The van der Waals surface area contributed by atoms with Crippen molar-refractivity contribution in [3.05, 3.63) is 11.7 Å². The van der Waals surface area contributed by atoms with Crippen molar-refractivity contribution in [1.29, 1.82) is 5.26 Å². The first kappa shape index (κ1) is 8.72. The number of aromatic nitrogens is 2. The van der Waals surface area contributed by atoms with Crippen molar-refractivity contribution in [2.45, 2.75) is 32.6 Å². The molecule has 1 unspecified atom stereocenters. The first-order valence-electron chi connectivity index (χ1n) is 3.84. The normalized spacial score (nSPS) is 15.2. The molecule has 1 aromatic rings. The lowest BCUT2D eigenvalue weighted by molar-refractivity contribution is 0.324. The topological polar surface area (TPSA) is 62.7 Å². The van der Waals surface area contributed by atoms with Crippen LogP contribution in [-0.2, 0) is 5.41 Å². The van der Waals surface area contributed by atoms with Crippen LogP contribution in [0.5, 0.6) is 0 Å². The third-order valence-electron chi connectivity index (χ3n) is 1.95. The van der Waals surface area contributed by atoms with E-state index in [0.29, 0.717) is 18.1 Å². The van der Waals surface area contributed by atoms with Gasteiger partial charge in [0.05, 0.1) is 6.07 Å². The molecule has 1 heterocycles. The molecule has 0 bridgehead atoms. The van der Waals surface area contributed by atoms with E-state index < -0.39 is 5.41 Å². The Hall–Kier alpha value is -1.37. The maximum Gasteiger partial charge on any atom is 0.246 e. The van der Waals surface area contributed by atoms with Crippen molar-refractivity contribution < 1.29 is 4.52 Å². The van der Waals surface area contributed by atoms with Crippen LogP contribution in [0.15, 0.2) is 4.52 Å². The molecule has 0 saturated heterocycles. The second-order valence-electron chi connectivity index (χ2n) is 2.94. The molecule has 0 aliphatic carbocycles. The molecule has 0 fully saturated rings.